The van der Waals surface area contributed by atoms with Crippen molar-refractivity contribution in [1.29, 1.82) is 0 Å². The number of rotatable bonds is 4. The van der Waals surface area contributed by atoms with Crippen LogP contribution >= 0.6 is 11.6 Å². The van der Waals surface area contributed by atoms with Crippen molar-refractivity contribution in [1.82, 2.24) is 10.6 Å². The van der Waals surface area contributed by atoms with E-state index in [2.05, 4.69) is 10.6 Å². The number of fused-ring (bicyclic) bond motifs is 1. The summed E-state index contributed by atoms with van der Waals surface area (Å²) in [6, 6.07) is 3.47. The lowest BCUT2D eigenvalue weighted by atomic mass is 10.1. The molecule has 0 unspecified atom stereocenters. The fraction of sp³-hybridized carbons (Fsp3) is 0.562. The number of carbonyl (C=O) groups is 1. The highest BCUT2D eigenvalue weighted by Crippen LogP contribution is 2.38. The second-order valence-corrected chi connectivity index (χ2v) is 6.06. The topological polar surface area (TPSA) is 68.8 Å². The Morgan fingerprint density at radius 1 is 1.35 bits per heavy atom. The molecule has 1 aromatic rings. The summed E-state index contributed by atoms with van der Waals surface area (Å²) >= 11 is 6.21. The minimum atomic E-state index is -0.299. The number of benzene rings is 1. The van der Waals surface area contributed by atoms with Gasteiger partial charge in [-0.1, -0.05) is 11.6 Å². The highest BCUT2D eigenvalue weighted by Gasteiger charge is 2.27. The molecule has 1 amide bonds. The minimum absolute atomic E-state index is 0.0409. The molecule has 0 saturated carbocycles. The van der Waals surface area contributed by atoms with E-state index in [9.17, 15) is 4.79 Å². The van der Waals surface area contributed by atoms with Crippen LogP contribution in [0.25, 0.3) is 0 Å². The third kappa shape index (κ3) is 3.88. The van der Waals surface area contributed by atoms with Crippen LogP contribution in [0, 0.1) is 0 Å². The van der Waals surface area contributed by atoms with Gasteiger partial charge in [0.2, 0.25) is 5.91 Å². The molecule has 1 fully saturated rings. The van der Waals surface area contributed by atoms with Crippen LogP contribution in [-0.2, 0) is 16.0 Å². The summed E-state index contributed by atoms with van der Waals surface area (Å²) in [6.45, 7) is 4.79. The fourth-order valence-electron chi connectivity index (χ4n) is 2.78. The van der Waals surface area contributed by atoms with Crippen LogP contribution in [0.5, 0.6) is 11.5 Å². The maximum Gasteiger partial charge on any atom is 0.239 e. The first kappa shape index (κ1) is 16.4. The van der Waals surface area contributed by atoms with Gasteiger partial charge in [-0.2, -0.15) is 0 Å². The van der Waals surface area contributed by atoms with Crippen LogP contribution in [0.4, 0.5) is 0 Å². The molecular weight excluding hydrogens is 320 g/mol. The summed E-state index contributed by atoms with van der Waals surface area (Å²) in [5, 5.41) is 6.65. The molecule has 2 aliphatic heterocycles. The monoisotopic (exact) mass is 340 g/mol. The van der Waals surface area contributed by atoms with Gasteiger partial charge in [-0.15, -0.1) is 0 Å². The Kier molecular flexibility index (Phi) is 5.25. The lowest BCUT2D eigenvalue weighted by Crippen LogP contribution is -2.55. The summed E-state index contributed by atoms with van der Waals surface area (Å²) in [5.41, 5.74) is 1.00. The van der Waals surface area contributed by atoms with E-state index in [1.165, 1.54) is 0 Å². The number of carbonyl (C=O) groups excluding carboxylic acids is 1. The summed E-state index contributed by atoms with van der Waals surface area (Å²) < 4.78 is 16.5. The van der Waals surface area contributed by atoms with E-state index < -0.39 is 0 Å². The Labute approximate surface area is 140 Å². The van der Waals surface area contributed by atoms with Gasteiger partial charge in [0.05, 0.1) is 17.7 Å². The van der Waals surface area contributed by atoms with Crippen molar-refractivity contribution in [3.05, 3.63) is 22.7 Å². The van der Waals surface area contributed by atoms with Crippen molar-refractivity contribution < 1.29 is 19.0 Å². The van der Waals surface area contributed by atoms with Crippen molar-refractivity contribution in [3.8, 4) is 11.5 Å². The fourth-order valence-corrected chi connectivity index (χ4v) is 3.06. The molecule has 126 valence electrons. The van der Waals surface area contributed by atoms with Crippen LogP contribution in [-0.4, -0.2) is 51.0 Å². The number of hydrogen-bond donors (Lipinski definition) is 2. The average Bonchev–Trinajstić information content (AvgIpc) is 2.55. The van der Waals surface area contributed by atoms with Gasteiger partial charge in [-0.25, -0.2) is 0 Å². The molecule has 0 spiro atoms. The largest absolute Gasteiger partial charge is 0.486 e. The van der Waals surface area contributed by atoms with Crippen molar-refractivity contribution in [2.75, 3.05) is 32.9 Å². The Bertz CT molecular complexity index is 581. The molecule has 0 aliphatic carbocycles. The van der Waals surface area contributed by atoms with Crippen molar-refractivity contribution in [3.63, 3.8) is 0 Å². The molecule has 23 heavy (non-hydrogen) atoms. The Balaban J connectivity index is 1.54. The molecule has 3 rings (SSSR count). The molecular formula is C16H21ClN2O4. The van der Waals surface area contributed by atoms with Crippen molar-refractivity contribution in [2.24, 2.45) is 0 Å². The first-order chi connectivity index (χ1) is 11.1. The normalized spacial score (nSPS) is 23.4. The summed E-state index contributed by atoms with van der Waals surface area (Å²) in [5.74, 6) is 1.23. The lowest BCUT2D eigenvalue weighted by molar-refractivity contribution is -0.128. The quantitative estimate of drug-likeness (QED) is 0.860. The van der Waals surface area contributed by atoms with Gasteiger partial charge in [-0.3, -0.25) is 4.79 Å². The molecule has 2 heterocycles. The van der Waals surface area contributed by atoms with Gasteiger partial charge in [0, 0.05) is 13.1 Å². The van der Waals surface area contributed by atoms with E-state index >= 15 is 0 Å². The molecule has 0 bridgehead atoms. The number of morpholine rings is 1. The van der Waals surface area contributed by atoms with Crippen molar-refractivity contribution >= 4 is 17.5 Å². The highest BCUT2D eigenvalue weighted by molar-refractivity contribution is 6.32. The third-order valence-corrected chi connectivity index (χ3v) is 4.25. The van der Waals surface area contributed by atoms with Crippen LogP contribution < -0.4 is 20.1 Å². The zero-order chi connectivity index (χ0) is 16.2. The maximum atomic E-state index is 12.2. The number of halogens is 1. The predicted molar refractivity (Wildman–Crippen MR) is 86.4 cm³/mol. The average molecular weight is 341 g/mol. The highest BCUT2D eigenvalue weighted by atomic mass is 35.5. The van der Waals surface area contributed by atoms with Gasteiger partial charge in [0.1, 0.15) is 19.3 Å². The van der Waals surface area contributed by atoms with Gasteiger partial charge in [-0.05, 0) is 31.0 Å². The smallest absolute Gasteiger partial charge is 0.239 e. The molecule has 2 aliphatic rings. The molecule has 2 atom stereocenters. The first-order valence-electron chi connectivity index (χ1n) is 7.86. The van der Waals surface area contributed by atoms with Gasteiger partial charge < -0.3 is 24.8 Å². The molecule has 1 saturated heterocycles. The van der Waals surface area contributed by atoms with E-state index in [0.717, 1.165) is 5.56 Å². The molecule has 7 heteroatoms. The number of hydrogen-bond acceptors (Lipinski definition) is 5. The van der Waals surface area contributed by atoms with Crippen LogP contribution in [0.2, 0.25) is 5.02 Å². The second kappa shape index (κ2) is 7.38. The van der Waals surface area contributed by atoms with Crippen LogP contribution in [0.3, 0.4) is 0 Å². The number of ether oxygens (including phenoxy) is 3. The maximum absolute atomic E-state index is 12.2. The molecule has 1 aromatic carbocycles. The summed E-state index contributed by atoms with van der Waals surface area (Å²) in [4.78, 5) is 12.2. The zero-order valence-corrected chi connectivity index (χ0v) is 13.8. The van der Waals surface area contributed by atoms with Crippen molar-refractivity contribution in [2.45, 2.75) is 25.5 Å². The SMILES string of the molecule is C[C@H]1OCCN[C@@H]1C(=O)NCCc1cc(Cl)c2c(c1)OCCO2. The first-order valence-corrected chi connectivity index (χ1v) is 8.23. The lowest BCUT2D eigenvalue weighted by Gasteiger charge is -2.29. The molecule has 0 aromatic heterocycles. The summed E-state index contributed by atoms with van der Waals surface area (Å²) in [6.07, 6.45) is 0.553. The van der Waals surface area contributed by atoms with E-state index in [4.69, 9.17) is 25.8 Å². The number of amides is 1. The Morgan fingerprint density at radius 2 is 2.17 bits per heavy atom. The molecule has 2 N–H and O–H groups in total. The predicted octanol–water partition coefficient (Wildman–Crippen LogP) is 1.15. The second-order valence-electron chi connectivity index (χ2n) is 5.65. The Morgan fingerprint density at radius 3 is 3.00 bits per heavy atom. The van der Waals surface area contributed by atoms with Gasteiger partial charge in [0.25, 0.3) is 0 Å². The molecule has 0 radical (unpaired) electrons. The summed E-state index contributed by atoms with van der Waals surface area (Å²) in [7, 11) is 0. The van der Waals surface area contributed by atoms with Crippen LogP contribution in [0.15, 0.2) is 12.1 Å². The van der Waals surface area contributed by atoms with E-state index in [1.807, 2.05) is 19.1 Å². The van der Waals surface area contributed by atoms with Crippen LogP contribution in [0.1, 0.15) is 12.5 Å². The molecule has 6 nitrogen and oxygen atoms in total. The van der Waals surface area contributed by atoms with E-state index in [0.29, 0.717) is 55.9 Å². The number of nitrogens with one attached hydrogen (secondary N) is 2. The van der Waals surface area contributed by atoms with E-state index in [1.54, 1.807) is 0 Å². The zero-order valence-electron chi connectivity index (χ0n) is 13.1. The minimum Gasteiger partial charge on any atom is -0.486 e. The van der Waals surface area contributed by atoms with E-state index in [-0.39, 0.29) is 18.1 Å². The third-order valence-electron chi connectivity index (χ3n) is 3.97. The Hall–Kier alpha value is -1.50. The van der Waals surface area contributed by atoms with Gasteiger partial charge in [0.15, 0.2) is 11.5 Å². The van der Waals surface area contributed by atoms with Gasteiger partial charge >= 0.3 is 0 Å². The standard InChI is InChI=1S/C16H21ClN2O4/c1-10-14(18-4-5-21-10)16(20)19-3-2-11-8-12(17)15-13(9-11)22-6-7-23-15/h8-10,14,18H,2-7H2,1H3,(H,19,20)/t10-,14+/m1/s1.